The third-order valence-electron chi connectivity index (χ3n) is 3.22. The number of carbonyl (C=O) groups excluding carboxylic acids is 1. The molecule has 0 aliphatic carbocycles. The number of anilines is 1. The molecule has 8 nitrogen and oxygen atoms in total. The van der Waals surface area contributed by atoms with E-state index < -0.39 is 0 Å². The predicted molar refractivity (Wildman–Crippen MR) is 101 cm³/mol. The zero-order valence-electron chi connectivity index (χ0n) is 13.8. The van der Waals surface area contributed by atoms with Gasteiger partial charge in [0.25, 0.3) is 5.91 Å². The van der Waals surface area contributed by atoms with Crippen LogP contribution in [0, 0.1) is 0 Å². The molecule has 0 atom stereocenters. The molecule has 3 N–H and O–H groups in total. The number of nitrogens with two attached hydrogens (primary N) is 1. The lowest BCUT2D eigenvalue weighted by atomic mass is 10.2. The Kier molecular flexibility index (Phi) is 6.83. The van der Waals surface area contributed by atoms with Crippen LogP contribution in [0.15, 0.2) is 30.3 Å². The normalized spacial score (nSPS) is 13.2. The van der Waals surface area contributed by atoms with Crippen molar-refractivity contribution in [1.82, 2.24) is 10.2 Å². The van der Waals surface area contributed by atoms with Crippen LogP contribution in [-0.4, -0.2) is 48.2 Å². The van der Waals surface area contributed by atoms with Gasteiger partial charge in [-0.25, -0.2) is 0 Å². The minimum atomic E-state index is -0.263. The fourth-order valence-electron chi connectivity index (χ4n) is 2.01. The SMILES string of the molecule is NCCOCCOc1ccc(C(=O)Nc2nnc(C3=CCSO3)s2)cc1. The van der Waals surface area contributed by atoms with E-state index in [1.54, 1.807) is 24.3 Å². The zero-order valence-corrected chi connectivity index (χ0v) is 15.5. The lowest BCUT2D eigenvalue weighted by molar-refractivity contribution is 0.102. The van der Waals surface area contributed by atoms with Gasteiger partial charge in [0.15, 0.2) is 10.8 Å². The summed E-state index contributed by atoms with van der Waals surface area (Å²) in [5.74, 6) is 1.87. The van der Waals surface area contributed by atoms with Gasteiger partial charge in [-0.3, -0.25) is 10.1 Å². The van der Waals surface area contributed by atoms with E-state index in [0.717, 1.165) is 5.75 Å². The number of amides is 1. The van der Waals surface area contributed by atoms with Crippen molar-refractivity contribution in [3.63, 3.8) is 0 Å². The number of nitrogens with one attached hydrogen (secondary N) is 1. The van der Waals surface area contributed by atoms with Crippen LogP contribution in [0.5, 0.6) is 5.75 Å². The second-order valence-electron chi connectivity index (χ2n) is 5.08. The lowest BCUT2D eigenvalue weighted by Crippen LogP contribution is -2.13. The first-order valence-electron chi connectivity index (χ1n) is 7.92. The van der Waals surface area contributed by atoms with E-state index in [0.29, 0.717) is 53.6 Å². The largest absolute Gasteiger partial charge is 0.491 e. The molecule has 1 amide bonds. The molecule has 1 aliphatic rings. The Morgan fingerprint density at radius 2 is 2.08 bits per heavy atom. The van der Waals surface area contributed by atoms with Gasteiger partial charge < -0.3 is 19.4 Å². The van der Waals surface area contributed by atoms with Crippen LogP contribution in [0.3, 0.4) is 0 Å². The number of hydrogen-bond donors (Lipinski definition) is 2. The minimum Gasteiger partial charge on any atom is -0.491 e. The van der Waals surface area contributed by atoms with Crippen molar-refractivity contribution in [2.24, 2.45) is 5.73 Å². The highest BCUT2D eigenvalue weighted by Crippen LogP contribution is 2.31. The Bertz CT molecular complexity index is 764. The standard InChI is InChI=1S/C16H18N4O4S2/c17-6-7-22-8-9-23-12-3-1-11(2-4-12)14(21)18-16-20-19-15(26-16)13-5-10-25-24-13/h1-5H,6-10,17H2,(H,18,20,21). The van der Waals surface area contributed by atoms with Crippen molar-refractivity contribution in [2.45, 2.75) is 0 Å². The third kappa shape index (κ3) is 5.18. The smallest absolute Gasteiger partial charge is 0.257 e. The van der Waals surface area contributed by atoms with Gasteiger partial charge in [0.05, 0.1) is 31.0 Å². The maximum Gasteiger partial charge on any atom is 0.257 e. The first-order chi connectivity index (χ1) is 12.8. The molecule has 10 heteroatoms. The van der Waals surface area contributed by atoms with Gasteiger partial charge in [-0.15, -0.1) is 10.2 Å². The molecule has 138 valence electrons. The van der Waals surface area contributed by atoms with Gasteiger partial charge in [0, 0.05) is 12.1 Å². The maximum absolute atomic E-state index is 12.3. The van der Waals surface area contributed by atoms with Gasteiger partial charge >= 0.3 is 0 Å². The summed E-state index contributed by atoms with van der Waals surface area (Å²) in [5.41, 5.74) is 5.83. The monoisotopic (exact) mass is 394 g/mol. The van der Waals surface area contributed by atoms with Crippen LogP contribution in [0.25, 0.3) is 5.76 Å². The second-order valence-corrected chi connectivity index (χ2v) is 6.79. The summed E-state index contributed by atoms with van der Waals surface area (Å²) in [7, 11) is 0. The van der Waals surface area contributed by atoms with Crippen LogP contribution in [0.2, 0.25) is 0 Å². The van der Waals surface area contributed by atoms with Crippen LogP contribution < -0.4 is 15.8 Å². The quantitative estimate of drug-likeness (QED) is 0.492. The van der Waals surface area contributed by atoms with Crippen LogP contribution >= 0.6 is 23.4 Å². The highest BCUT2D eigenvalue weighted by molar-refractivity contribution is 7.95. The van der Waals surface area contributed by atoms with Crippen molar-refractivity contribution < 1.29 is 18.5 Å². The Balaban J connectivity index is 1.50. The average Bonchev–Trinajstić information content (AvgIpc) is 3.33. The number of carbonyl (C=O) groups is 1. The van der Waals surface area contributed by atoms with E-state index in [2.05, 4.69) is 15.5 Å². The van der Waals surface area contributed by atoms with Gasteiger partial charge in [-0.2, -0.15) is 0 Å². The topological polar surface area (TPSA) is 109 Å². The van der Waals surface area contributed by atoms with Crippen LogP contribution in [0.4, 0.5) is 5.13 Å². The van der Waals surface area contributed by atoms with E-state index >= 15 is 0 Å². The third-order valence-corrected chi connectivity index (χ3v) is 4.67. The van der Waals surface area contributed by atoms with E-state index in [9.17, 15) is 4.79 Å². The Labute approximate surface area is 158 Å². The van der Waals surface area contributed by atoms with Gasteiger partial charge in [-0.1, -0.05) is 11.3 Å². The van der Waals surface area contributed by atoms with Crippen molar-refractivity contribution in [3.8, 4) is 5.75 Å². The minimum absolute atomic E-state index is 0.263. The molecular formula is C16H18N4O4S2. The molecule has 0 fully saturated rings. The maximum atomic E-state index is 12.3. The molecule has 0 unspecified atom stereocenters. The fourth-order valence-corrected chi connectivity index (χ4v) is 3.34. The zero-order chi connectivity index (χ0) is 18.2. The first kappa shape index (κ1) is 18.6. The Morgan fingerprint density at radius 3 is 2.81 bits per heavy atom. The van der Waals surface area contributed by atoms with Crippen molar-refractivity contribution in [1.29, 1.82) is 0 Å². The van der Waals surface area contributed by atoms with Gasteiger partial charge in [0.2, 0.25) is 5.13 Å². The number of ether oxygens (including phenoxy) is 2. The highest BCUT2D eigenvalue weighted by atomic mass is 32.2. The summed E-state index contributed by atoms with van der Waals surface area (Å²) in [6.45, 7) is 1.90. The molecule has 0 spiro atoms. The molecule has 0 saturated carbocycles. The summed E-state index contributed by atoms with van der Waals surface area (Å²) in [6, 6.07) is 6.84. The average molecular weight is 394 g/mol. The Hall–Kier alpha value is -2.14. The molecule has 1 aliphatic heterocycles. The number of nitrogens with zero attached hydrogens (tertiary/aromatic N) is 2. The molecule has 1 aromatic carbocycles. The predicted octanol–water partition coefficient (Wildman–Crippen LogP) is 2.16. The fraction of sp³-hybridized carbons (Fsp3) is 0.312. The molecule has 2 aromatic rings. The highest BCUT2D eigenvalue weighted by Gasteiger charge is 2.16. The molecule has 3 rings (SSSR count). The van der Waals surface area contributed by atoms with Gasteiger partial charge in [-0.05, 0) is 30.3 Å². The summed E-state index contributed by atoms with van der Waals surface area (Å²) < 4.78 is 16.1. The Morgan fingerprint density at radius 1 is 1.23 bits per heavy atom. The van der Waals surface area contributed by atoms with Crippen LogP contribution in [-0.2, 0) is 8.92 Å². The van der Waals surface area contributed by atoms with Crippen molar-refractivity contribution in [3.05, 3.63) is 40.9 Å². The van der Waals surface area contributed by atoms with E-state index in [-0.39, 0.29) is 5.91 Å². The first-order valence-corrected chi connectivity index (χ1v) is 9.64. The molecule has 0 bridgehead atoms. The van der Waals surface area contributed by atoms with Crippen molar-refractivity contribution >= 4 is 40.2 Å². The molecule has 0 radical (unpaired) electrons. The molecule has 26 heavy (non-hydrogen) atoms. The number of rotatable bonds is 9. The van der Waals surface area contributed by atoms with E-state index in [1.807, 2.05) is 6.08 Å². The van der Waals surface area contributed by atoms with Crippen molar-refractivity contribution in [2.75, 3.05) is 37.4 Å². The molecule has 0 saturated heterocycles. The number of hydrogen-bond acceptors (Lipinski definition) is 9. The summed E-state index contributed by atoms with van der Waals surface area (Å²) in [6.07, 6.45) is 1.93. The van der Waals surface area contributed by atoms with E-state index in [4.69, 9.17) is 19.4 Å². The second kappa shape index (κ2) is 9.53. The summed E-state index contributed by atoms with van der Waals surface area (Å²) in [4.78, 5) is 12.3. The number of benzene rings is 1. The molecule has 2 heterocycles. The van der Waals surface area contributed by atoms with E-state index in [1.165, 1.54) is 23.4 Å². The van der Waals surface area contributed by atoms with Crippen LogP contribution in [0.1, 0.15) is 15.4 Å². The number of aromatic nitrogens is 2. The lowest BCUT2D eigenvalue weighted by Gasteiger charge is -2.07. The van der Waals surface area contributed by atoms with Gasteiger partial charge in [0.1, 0.15) is 12.4 Å². The molecule has 1 aromatic heterocycles. The molecular weight excluding hydrogens is 376 g/mol. The summed E-state index contributed by atoms with van der Waals surface area (Å²) >= 11 is 2.61. The summed E-state index contributed by atoms with van der Waals surface area (Å²) in [5, 5.41) is 11.8.